The molecule has 1 unspecified atom stereocenters. The molecule has 142 valence electrons. The van der Waals surface area contributed by atoms with Gasteiger partial charge >= 0.3 is 6.03 Å². The van der Waals surface area contributed by atoms with E-state index in [0.717, 1.165) is 11.1 Å². The lowest BCUT2D eigenvalue weighted by molar-refractivity contribution is 0.222. The van der Waals surface area contributed by atoms with Gasteiger partial charge in [0.1, 0.15) is 0 Å². The summed E-state index contributed by atoms with van der Waals surface area (Å²) in [5, 5.41) is 14.9. The van der Waals surface area contributed by atoms with Gasteiger partial charge in [0.2, 0.25) is 0 Å². The summed E-state index contributed by atoms with van der Waals surface area (Å²) in [5.74, 6) is 0. The van der Waals surface area contributed by atoms with E-state index < -0.39 is 15.9 Å². The van der Waals surface area contributed by atoms with Crippen molar-refractivity contribution < 1.29 is 18.3 Å². The summed E-state index contributed by atoms with van der Waals surface area (Å²) in [6, 6.07) is 3.95. The number of urea groups is 1. The lowest BCUT2D eigenvalue weighted by atomic mass is 10.2. The van der Waals surface area contributed by atoms with Crippen molar-refractivity contribution in [3.8, 4) is 10.4 Å². The molecule has 0 radical (unpaired) electrons. The van der Waals surface area contributed by atoms with Crippen molar-refractivity contribution in [1.82, 2.24) is 10.3 Å². The number of halogens is 1. The summed E-state index contributed by atoms with van der Waals surface area (Å²) in [5.41, 5.74) is 1.31. The molecule has 0 bridgehead atoms. The van der Waals surface area contributed by atoms with E-state index in [1.54, 1.807) is 13.0 Å². The molecule has 7 nitrogen and oxygen atoms in total. The number of thiazole rings is 1. The Morgan fingerprint density at radius 2 is 2.12 bits per heavy atom. The topological polar surface area (TPSA) is 108 Å². The smallest absolute Gasteiger partial charge is 0.321 e. The molecule has 26 heavy (non-hydrogen) atoms. The number of aliphatic hydroxyl groups is 1. The maximum atomic E-state index is 12.0. The van der Waals surface area contributed by atoms with Crippen LogP contribution in [0.4, 0.5) is 9.93 Å². The minimum absolute atomic E-state index is 0.0467. The molecule has 2 amide bonds. The SMILES string of the molecule is CCC(CO)NC(=O)Nc1nc(C)c(-c2ccc(Cl)c(S(C)(=O)=O)c2)s1. The van der Waals surface area contributed by atoms with Gasteiger partial charge in [0.25, 0.3) is 0 Å². The first-order valence-electron chi connectivity index (χ1n) is 7.81. The third kappa shape index (κ3) is 4.94. The number of benzene rings is 1. The molecule has 1 aromatic carbocycles. The largest absolute Gasteiger partial charge is 0.394 e. The number of nitrogens with one attached hydrogen (secondary N) is 2. The van der Waals surface area contributed by atoms with E-state index in [1.807, 2.05) is 6.92 Å². The number of aromatic nitrogens is 1. The van der Waals surface area contributed by atoms with Crippen molar-refractivity contribution in [2.24, 2.45) is 0 Å². The Labute approximate surface area is 161 Å². The summed E-state index contributed by atoms with van der Waals surface area (Å²) in [7, 11) is -3.46. The van der Waals surface area contributed by atoms with Crippen LogP contribution in [0.1, 0.15) is 19.0 Å². The number of carbonyl (C=O) groups excluding carboxylic acids is 1. The zero-order valence-electron chi connectivity index (χ0n) is 14.5. The fourth-order valence-corrected chi connectivity index (χ4v) is 4.50. The fourth-order valence-electron chi connectivity index (χ4n) is 2.24. The van der Waals surface area contributed by atoms with Crippen LogP contribution in [0.5, 0.6) is 0 Å². The van der Waals surface area contributed by atoms with Gasteiger partial charge in [-0.3, -0.25) is 5.32 Å². The molecule has 0 fully saturated rings. The predicted molar refractivity (Wildman–Crippen MR) is 104 cm³/mol. The minimum Gasteiger partial charge on any atom is -0.394 e. The Morgan fingerprint density at radius 3 is 2.69 bits per heavy atom. The van der Waals surface area contributed by atoms with E-state index in [9.17, 15) is 13.2 Å². The van der Waals surface area contributed by atoms with E-state index in [-0.39, 0.29) is 22.6 Å². The molecule has 0 aliphatic heterocycles. The number of hydrogen-bond donors (Lipinski definition) is 3. The number of aliphatic hydroxyl groups excluding tert-OH is 1. The van der Waals surface area contributed by atoms with Crippen LogP contribution in [-0.2, 0) is 9.84 Å². The first-order chi connectivity index (χ1) is 12.2. The Morgan fingerprint density at radius 1 is 1.42 bits per heavy atom. The van der Waals surface area contributed by atoms with Gasteiger partial charge in [0, 0.05) is 6.26 Å². The van der Waals surface area contributed by atoms with E-state index in [4.69, 9.17) is 16.7 Å². The zero-order valence-corrected chi connectivity index (χ0v) is 16.9. The highest BCUT2D eigenvalue weighted by Gasteiger charge is 2.17. The number of sulfone groups is 1. The van der Waals surface area contributed by atoms with Crippen molar-refractivity contribution in [3.63, 3.8) is 0 Å². The van der Waals surface area contributed by atoms with Crippen molar-refractivity contribution in [3.05, 3.63) is 28.9 Å². The van der Waals surface area contributed by atoms with E-state index in [0.29, 0.717) is 22.8 Å². The summed E-state index contributed by atoms with van der Waals surface area (Å²) in [4.78, 5) is 17.0. The quantitative estimate of drug-likeness (QED) is 0.669. The van der Waals surface area contributed by atoms with E-state index in [1.165, 1.54) is 23.5 Å². The maximum absolute atomic E-state index is 12.0. The molecule has 0 saturated heterocycles. The van der Waals surface area contributed by atoms with Gasteiger partial charge in [-0.1, -0.05) is 35.9 Å². The van der Waals surface area contributed by atoms with Crippen LogP contribution in [0.2, 0.25) is 5.02 Å². The highest BCUT2D eigenvalue weighted by molar-refractivity contribution is 7.90. The highest BCUT2D eigenvalue weighted by Crippen LogP contribution is 2.35. The highest BCUT2D eigenvalue weighted by atomic mass is 35.5. The van der Waals surface area contributed by atoms with Crippen LogP contribution in [0, 0.1) is 6.92 Å². The van der Waals surface area contributed by atoms with Crippen LogP contribution in [-0.4, -0.2) is 43.4 Å². The van der Waals surface area contributed by atoms with Crippen LogP contribution in [0.15, 0.2) is 23.1 Å². The average molecular weight is 418 g/mol. The van der Waals surface area contributed by atoms with Gasteiger partial charge in [-0.25, -0.2) is 18.2 Å². The standard InChI is InChI=1S/C16H20ClN3O4S2/c1-4-11(8-21)19-15(22)20-16-18-9(2)14(25-16)10-5-6-12(17)13(7-10)26(3,23)24/h5-7,11,21H,4,8H2,1-3H3,(H2,18,19,20,22). The Bertz CT molecular complexity index is 908. The summed E-state index contributed by atoms with van der Waals surface area (Å²) < 4.78 is 23.7. The van der Waals surface area contributed by atoms with Gasteiger partial charge in [-0.2, -0.15) is 0 Å². The van der Waals surface area contributed by atoms with Crippen molar-refractivity contribution >= 4 is 43.9 Å². The number of aryl methyl sites for hydroxylation is 1. The monoisotopic (exact) mass is 417 g/mol. The number of carbonyl (C=O) groups is 1. The second-order valence-electron chi connectivity index (χ2n) is 5.74. The molecule has 0 aliphatic carbocycles. The van der Waals surface area contributed by atoms with Crippen LogP contribution in [0.25, 0.3) is 10.4 Å². The molecule has 1 atom stereocenters. The molecular formula is C16H20ClN3O4S2. The Kier molecular flexibility index (Phi) is 6.62. The molecule has 2 rings (SSSR count). The van der Waals surface area contributed by atoms with Gasteiger partial charge in [0.15, 0.2) is 15.0 Å². The molecule has 3 N–H and O–H groups in total. The lowest BCUT2D eigenvalue weighted by Crippen LogP contribution is -2.39. The normalized spacial score (nSPS) is 12.7. The zero-order chi connectivity index (χ0) is 19.5. The second-order valence-corrected chi connectivity index (χ2v) is 9.13. The molecule has 0 saturated carbocycles. The average Bonchev–Trinajstić information content (AvgIpc) is 2.92. The summed E-state index contributed by atoms with van der Waals surface area (Å²) in [6.45, 7) is 3.48. The van der Waals surface area contributed by atoms with Crippen molar-refractivity contribution in [1.29, 1.82) is 0 Å². The Hall–Kier alpha value is -1.68. The van der Waals surface area contributed by atoms with Gasteiger partial charge in [-0.05, 0) is 31.0 Å². The number of amides is 2. The van der Waals surface area contributed by atoms with Crippen molar-refractivity contribution in [2.45, 2.75) is 31.2 Å². The predicted octanol–water partition coefficient (Wildman–Crippen LogP) is 3.07. The Balaban J connectivity index is 2.27. The molecule has 0 aliphatic rings. The fraction of sp³-hybridized carbons (Fsp3) is 0.375. The third-order valence-corrected chi connectivity index (χ3v) is 6.36. The van der Waals surface area contributed by atoms with E-state index in [2.05, 4.69) is 15.6 Å². The lowest BCUT2D eigenvalue weighted by Gasteiger charge is -2.13. The number of anilines is 1. The van der Waals surface area contributed by atoms with Crippen LogP contribution < -0.4 is 10.6 Å². The minimum atomic E-state index is -3.46. The molecule has 1 heterocycles. The van der Waals surface area contributed by atoms with Crippen LogP contribution in [0.3, 0.4) is 0 Å². The number of hydrogen-bond acceptors (Lipinski definition) is 6. The van der Waals surface area contributed by atoms with Crippen LogP contribution >= 0.6 is 22.9 Å². The third-order valence-electron chi connectivity index (χ3n) is 3.66. The van der Waals surface area contributed by atoms with Gasteiger partial charge < -0.3 is 10.4 Å². The molecule has 2 aromatic rings. The molecular weight excluding hydrogens is 398 g/mol. The maximum Gasteiger partial charge on any atom is 0.321 e. The first-order valence-corrected chi connectivity index (χ1v) is 10.9. The molecule has 1 aromatic heterocycles. The molecule has 0 spiro atoms. The summed E-state index contributed by atoms with van der Waals surface area (Å²) >= 11 is 7.21. The molecule has 10 heteroatoms. The van der Waals surface area contributed by atoms with Gasteiger partial charge in [-0.15, -0.1) is 0 Å². The first kappa shape index (κ1) is 20.6. The second kappa shape index (κ2) is 8.34. The van der Waals surface area contributed by atoms with E-state index >= 15 is 0 Å². The number of nitrogens with zero attached hydrogens (tertiary/aromatic N) is 1. The van der Waals surface area contributed by atoms with Crippen molar-refractivity contribution in [2.75, 3.05) is 18.2 Å². The summed E-state index contributed by atoms with van der Waals surface area (Å²) in [6.07, 6.45) is 1.70. The number of rotatable bonds is 6. The van der Waals surface area contributed by atoms with Gasteiger partial charge in [0.05, 0.1) is 33.1 Å².